The Kier molecular flexibility index (Phi) is 5.59. The Labute approximate surface area is 185 Å². The lowest BCUT2D eigenvalue weighted by Crippen LogP contribution is -2.42. The first kappa shape index (κ1) is 22.4. The molecule has 0 radical (unpaired) electrons. The molecule has 0 amide bonds. The molecule has 168 valence electrons. The molecule has 10 heteroatoms. The summed E-state index contributed by atoms with van der Waals surface area (Å²) in [5, 5.41) is 27.4. The fraction of sp³-hybridized carbons (Fsp3) is 0.217. The van der Waals surface area contributed by atoms with Crippen LogP contribution in [0.4, 0.5) is 17.6 Å². The minimum atomic E-state index is -4.89. The summed E-state index contributed by atoms with van der Waals surface area (Å²) >= 11 is 0. The van der Waals surface area contributed by atoms with Crippen LogP contribution in [0.5, 0.6) is 0 Å². The summed E-state index contributed by atoms with van der Waals surface area (Å²) in [5.74, 6) is -0.382. The van der Waals surface area contributed by atoms with E-state index in [0.717, 1.165) is 11.6 Å². The smallest absolute Gasteiger partial charge is 0.375 e. The van der Waals surface area contributed by atoms with Crippen molar-refractivity contribution in [3.05, 3.63) is 77.5 Å². The summed E-state index contributed by atoms with van der Waals surface area (Å²) in [7, 11) is 0. The normalized spacial score (nSPS) is 13.6. The molecule has 0 saturated heterocycles. The van der Waals surface area contributed by atoms with Crippen molar-refractivity contribution in [3.63, 3.8) is 0 Å². The molecule has 0 unspecified atom stereocenters. The van der Waals surface area contributed by atoms with Crippen molar-refractivity contribution in [2.45, 2.75) is 31.7 Å². The van der Waals surface area contributed by atoms with Crippen LogP contribution in [0.3, 0.4) is 0 Å². The number of rotatable bonds is 5. The lowest BCUT2D eigenvalue weighted by atomic mass is 9.96. The minimum Gasteiger partial charge on any atom is -0.375 e. The summed E-state index contributed by atoms with van der Waals surface area (Å²) < 4.78 is 54.4. The number of nitriles is 1. The van der Waals surface area contributed by atoms with E-state index < -0.39 is 23.9 Å². The van der Waals surface area contributed by atoms with Gasteiger partial charge in [0.15, 0.2) is 0 Å². The third-order valence-electron chi connectivity index (χ3n) is 5.43. The molecule has 0 spiro atoms. The molecule has 2 aromatic carbocycles. The van der Waals surface area contributed by atoms with Gasteiger partial charge in [0.25, 0.3) is 0 Å². The molecule has 2 aromatic heterocycles. The topological polar surface area (TPSA) is 87.6 Å². The van der Waals surface area contributed by atoms with E-state index in [1.807, 2.05) is 6.07 Å². The molecular weight excluding hydrogens is 438 g/mol. The Balaban J connectivity index is 1.71. The number of alkyl halides is 3. The Hall–Kier alpha value is -3.84. The number of hydrogen-bond donors (Lipinski definition) is 1. The number of aliphatic hydroxyl groups is 1. The van der Waals surface area contributed by atoms with E-state index in [1.54, 1.807) is 36.4 Å². The van der Waals surface area contributed by atoms with Gasteiger partial charge in [0.2, 0.25) is 5.60 Å². The number of pyridine rings is 1. The first-order valence-electron chi connectivity index (χ1n) is 9.94. The average Bonchev–Trinajstić information content (AvgIpc) is 3.26. The van der Waals surface area contributed by atoms with Gasteiger partial charge in [-0.1, -0.05) is 36.4 Å². The first-order chi connectivity index (χ1) is 15.6. The molecule has 1 atom stereocenters. The van der Waals surface area contributed by atoms with Crippen LogP contribution in [0.15, 0.2) is 54.7 Å². The third-order valence-corrected chi connectivity index (χ3v) is 5.43. The third kappa shape index (κ3) is 4.15. The minimum absolute atomic E-state index is 0.0743. The summed E-state index contributed by atoms with van der Waals surface area (Å²) in [6.45, 7) is 1.29. The van der Waals surface area contributed by atoms with Crippen LogP contribution in [-0.2, 0) is 12.1 Å². The Morgan fingerprint density at radius 2 is 1.82 bits per heavy atom. The molecule has 4 aromatic rings. The van der Waals surface area contributed by atoms with E-state index >= 15 is 0 Å². The van der Waals surface area contributed by atoms with Crippen molar-refractivity contribution < 1.29 is 22.7 Å². The molecule has 6 nitrogen and oxygen atoms in total. The largest absolute Gasteiger partial charge is 0.423 e. The zero-order chi connectivity index (χ0) is 23.8. The number of benzene rings is 2. The van der Waals surface area contributed by atoms with Gasteiger partial charge in [-0.2, -0.15) is 18.4 Å². The quantitative estimate of drug-likeness (QED) is 0.441. The van der Waals surface area contributed by atoms with E-state index in [4.69, 9.17) is 0 Å². The van der Waals surface area contributed by atoms with Crippen LogP contribution in [0.25, 0.3) is 22.0 Å². The molecule has 4 rings (SSSR count). The molecule has 0 fully saturated rings. The van der Waals surface area contributed by atoms with Gasteiger partial charge in [0, 0.05) is 5.39 Å². The number of fused-ring (bicyclic) bond motifs is 1. The Bertz CT molecular complexity index is 1360. The maximum atomic E-state index is 13.3. The zero-order valence-corrected chi connectivity index (χ0v) is 17.3. The van der Waals surface area contributed by atoms with Crippen LogP contribution in [-0.4, -0.2) is 31.3 Å². The zero-order valence-electron chi connectivity index (χ0n) is 17.3. The predicted molar refractivity (Wildman–Crippen MR) is 111 cm³/mol. The van der Waals surface area contributed by atoms with Gasteiger partial charge in [-0.05, 0) is 47.4 Å². The molecule has 33 heavy (non-hydrogen) atoms. The highest BCUT2D eigenvalue weighted by molar-refractivity contribution is 5.95. The number of halogens is 4. The Morgan fingerprint density at radius 3 is 2.45 bits per heavy atom. The van der Waals surface area contributed by atoms with Gasteiger partial charge < -0.3 is 5.11 Å². The van der Waals surface area contributed by atoms with Crippen molar-refractivity contribution in [2.75, 3.05) is 0 Å². The van der Waals surface area contributed by atoms with Gasteiger partial charge in [-0.25, -0.2) is 14.1 Å². The van der Waals surface area contributed by atoms with Gasteiger partial charge in [0.05, 0.1) is 18.3 Å². The van der Waals surface area contributed by atoms with E-state index in [-0.39, 0.29) is 18.1 Å². The highest BCUT2D eigenvalue weighted by Gasteiger charge is 2.55. The van der Waals surface area contributed by atoms with Gasteiger partial charge in [0.1, 0.15) is 23.3 Å². The fourth-order valence-electron chi connectivity index (χ4n) is 3.58. The van der Waals surface area contributed by atoms with Crippen molar-refractivity contribution >= 4 is 10.9 Å². The lowest BCUT2D eigenvalue weighted by molar-refractivity contribution is -0.269. The van der Waals surface area contributed by atoms with E-state index in [1.165, 1.54) is 23.7 Å². The number of nitrogens with zero attached hydrogens (tertiary/aromatic N) is 5. The molecule has 0 aliphatic heterocycles. The second kappa shape index (κ2) is 8.26. The number of hydrogen-bond acceptors (Lipinski definition) is 5. The second-order valence-electron chi connectivity index (χ2n) is 7.54. The lowest BCUT2D eigenvalue weighted by Gasteiger charge is -2.26. The highest BCUT2D eigenvalue weighted by atomic mass is 19.4. The van der Waals surface area contributed by atoms with Crippen LogP contribution < -0.4 is 0 Å². The van der Waals surface area contributed by atoms with Crippen LogP contribution in [0.2, 0.25) is 0 Å². The molecule has 2 heterocycles. The standard InChI is InChI=1S/C23H17F4N5O/c1-2-22(33,23(25,26)27)21-13-32(31-30-21)12-14-3-8-18-19(15-4-6-16(24)7-5-15)10-17(11-28)29-20(18)9-14/h3-10,13,33H,2,12H2,1H3/t22-/m0/s1. The Morgan fingerprint density at radius 1 is 1.09 bits per heavy atom. The van der Waals surface area contributed by atoms with E-state index in [9.17, 15) is 27.9 Å². The molecule has 0 aliphatic carbocycles. The van der Waals surface area contributed by atoms with E-state index in [2.05, 4.69) is 15.3 Å². The molecule has 0 saturated carbocycles. The molecule has 0 aliphatic rings. The SMILES string of the molecule is CC[C@](O)(c1cn(Cc2ccc3c(-c4ccc(F)cc4)cc(C#N)nc3c2)nn1)C(F)(F)F. The van der Waals surface area contributed by atoms with Gasteiger partial charge in [-0.3, -0.25) is 0 Å². The highest BCUT2D eigenvalue weighted by Crippen LogP contribution is 2.40. The first-order valence-corrected chi connectivity index (χ1v) is 9.94. The van der Waals surface area contributed by atoms with Crippen molar-refractivity contribution in [2.24, 2.45) is 0 Å². The maximum absolute atomic E-state index is 13.3. The van der Waals surface area contributed by atoms with Gasteiger partial charge >= 0.3 is 6.18 Å². The van der Waals surface area contributed by atoms with Crippen molar-refractivity contribution in [1.82, 2.24) is 20.0 Å². The molecule has 1 N–H and O–H groups in total. The van der Waals surface area contributed by atoms with Crippen LogP contribution >= 0.6 is 0 Å². The van der Waals surface area contributed by atoms with Crippen LogP contribution in [0, 0.1) is 17.1 Å². The van der Waals surface area contributed by atoms with Crippen LogP contribution in [0.1, 0.15) is 30.3 Å². The van der Waals surface area contributed by atoms with Gasteiger partial charge in [-0.15, -0.1) is 5.10 Å². The number of aromatic nitrogens is 4. The molecular formula is C23H17F4N5O. The predicted octanol–water partition coefficient (Wildman–Crippen LogP) is 4.71. The van der Waals surface area contributed by atoms with Crippen molar-refractivity contribution in [3.8, 4) is 17.2 Å². The van der Waals surface area contributed by atoms with E-state index in [0.29, 0.717) is 22.2 Å². The molecule has 0 bridgehead atoms. The average molecular weight is 455 g/mol. The summed E-state index contributed by atoms with van der Waals surface area (Å²) in [4.78, 5) is 4.32. The maximum Gasteiger partial charge on any atom is 0.423 e. The fourth-order valence-corrected chi connectivity index (χ4v) is 3.58. The summed E-state index contributed by atoms with van der Waals surface area (Å²) in [5.41, 5.74) is -0.946. The monoisotopic (exact) mass is 455 g/mol. The second-order valence-corrected chi connectivity index (χ2v) is 7.54. The van der Waals surface area contributed by atoms with Crippen molar-refractivity contribution in [1.29, 1.82) is 5.26 Å². The summed E-state index contributed by atoms with van der Waals surface area (Å²) in [6.07, 6.45) is -4.43. The summed E-state index contributed by atoms with van der Waals surface area (Å²) in [6, 6.07) is 14.7.